The van der Waals surface area contributed by atoms with Crippen LogP contribution in [0.15, 0.2) is 72.8 Å². The molecule has 0 saturated heterocycles. The molecule has 2 nitrogen and oxygen atoms in total. The first kappa shape index (κ1) is 27.9. The SMILES string of the molecule is C[Si]C.[Cl-].[Cl-].[NH-]C(=O)c1ccccc1.[Ti+4].c1ccc2[cH-]ccc2c1. The Kier molecular flexibility index (Phi) is 19.6. The van der Waals surface area contributed by atoms with Crippen molar-refractivity contribution in [3.05, 3.63) is 84.1 Å². The quantitative estimate of drug-likeness (QED) is 0.383. The van der Waals surface area contributed by atoms with Crippen molar-refractivity contribution in [3.63, 3.8) is 0 Å². The molecule has 6 heteroatoms. The van der Waals surface area contributed by atoms with Crippen LogP contribution in [0.3, 0.4) is 0 Å². The zero-order valence-corrected chi connectivity index (χ0v) is 17.7. The summed E-state index contributed by atoms with van der Waals surface area (Å²) in [6.45, 7) is 4.31. The largest absolute Gasteiger partial charge is 4.00 e. The molecule has 0 aromatic heterocycles. The molecule has 0 bridgehead atoms. The number of rotatable bonds is 1. The third kappa shape index (κ3) is 10.7. The third-order valence-corrected chi connectivity index (χ3v) is 2.58. The van der Waals surface area contributed by atoms with Gasteiger partial charge in [-0.15, -0.1) is 29.7 Å². The van der Waals surface area contributed by atoms with Crippen molar-refractivity contribution in [3.8, 4) is 0 Å². The minimum absolute atomic E-state index is 0. The van der Waals surface area contributed by atoms with Crippen LogP contribution < -0.4 is 24.8 Å². The fraction of sp³-hybridized carbons (Fsp3) is 0.111. The first-order valence-corrected chi connectivity index (χ1v) is 8.69. The summed E-state index contributed by atoms with van der Waals surface area (Å²) < 4.78 is 0. The number of fused-ring (bicyclic) bond motifs is 1. The Morgan fingerprint density at radius 1 is 0.917 bits per heavy atom. The van der Waals surface area contributed by atoms with E-state index >= 15 is 0 Å². The van der Waals surface area contributed by atoms with Gasteiger partial charge < -0.3 is 35.3 Å². The standard InChI is InChI=1S/C9H7.C7H7NO.C2H6Si.2ClH.Ti/c1-2-5-9-7-3-6-8(9)4-1;8-7(9)6-4-2-1-3-5-6;1-3-2;;;/h1-7H;1-5H,(H2,8,9);1-2H3;2*1H;/q-1;;;;;+4/p-3. The van der Waals surface area contributed by atoms with E-state index in [1.807, 2.05) is 6.07 Å². The van der Waals surface area contributed by atoms with Crippen molar-refractivity contribution in [2.24, 2.45) is 0 Å². The van der Waals surface area contributed by atoms with Gasteiger partial charge in [-0.3, -0.25) is 0 Å². The predicted molar refractivity (Wildman–Crippen MR) is 92.1 cm³/mol. The second-order valence-corrected chi connectivity index (χ2v) is 5.35. The molecule has 0 aliphatic rings. The van der Waals surface area contributed by atoms with E-state index in [1.54, 1.807) is 24.3 Å². The molecule has 0 aliphatic carbocycles. The summed E-state index contributed by atoms with van der Waals surface area (Å²) in [6, 6.07) is 23.2. The minimum Gasteiger partial charge on any atom is -1.00 e. The number of nitrogens with one attached hydrogen (secondary N) is 1. The van der Waals surface area contributed by atoms with E-state index in [2.05, 4.69) is 55.6 Å². The van der Waals surface area contributed by atoms with Crippen molar-refractivity contribution in [1.29, 1.82) is 0 Å². The molecule has 0 spiro atoms. The Morgan fingerprint density at radius 2 is 1.42 bits per heavy atom. The molecule has 0 unspecified atom stereocenters. The summed E-state index contributed by atoms with van der Waals surface area (Å²) in [6.07, 6.45) is 0. The van der Waals surface area contributed by atoms with E-state index in [0.29, 0.717) is 5.56 Å². The average molecular weight is 412 g/mol. The molecule has 24 heavy (non-hydrogen) atoms. The van der Waals surface area contributed by atoms with Gasteiger partial charge in [-0.2, -0.15) is 17.5 Å². The smallest absolute Gasteiger partial charge is 1.00 e. The third-order valence-electron chi connectivity index (χ3n) is 2.58. The zero-order valence-electron chi connectivity index (χ0n) is 13.6. The maximum Gasteiger partial charge on any atom is 4.00 e. The summed E-state index contributed by atoms with van der Waals surface area (Å²) in [7, 11) is 1.08. The monoisotopic (exact) mass is 411 g/mol. The molecule has 1 N–H and O–H groups in total. The van der Waals surface area contributed by atoms with Gasteiger partial charge in [0.25, 0.3) is 0 Å². The van der Waals surface area contributed by atoms with Crippen LogP contribution in [0, 0.1) is 0 Å². The second kappa shape index (κ2) is 16.9. The van der Waals surface area contributed by atoms with E-state index < -0.39 is 5.91 Å². The van der Waals surface area contributed by atoms with Crippen LogP contribution >= 0.6 is 0 Å². The van der Waals surface area contributed by atoms with Gasteiger partial charge in [0.15, 0.2) is 0 Å². The zero-order chi connectivity index (χ0) is 15.5. The number of hydrogen-bond acceptors (Lipinski definition) is 1. The van der Waals surface area contributed by atoms with E-state index in [0.717, 1.165) is 9.52 Å². The topological polar surface area (TPSA) is 40.9 Å². The number of halogens is 2. The van der Waals surface area contributed by atoms with Gasteiger partial charge in [-0.05, 0) is 5.56 Å². The number of carbonyl (C=O) groups is 1. The van der Waals surface area contributed by atoms with Crippen LogP contribution in [0.2, 0.25) is 13.1 Å². The Morgan fingerprint density at radius 3 is 1.88 bits per heavy atom. The Hall–Kier alpha value is -0.969. The molecular formula is C18H19Cl2NOSiTi. The number of amides is 1. The van der Waals surface area contributed by atoms with E-state index in [9.17, 15) is 4.79 Å². The first-order chi connectivity index (χ1) is 10.2. The van der Waals surface area contributed by atoms with Gasteiger partial charge in [0.1, 0.15) is 0 Å². The Labute approximate surface area is 174 Å². The molecule has 124 valence electrons. The van der Waals surface area contributed by atoms with Gasteiger partial charge in [0.05, 0.1) is 5.91 Å². The van der Waals surface area contributed by atoms with Gasteiger partial charge in [-0.1, -0.05) is 49.5 Å². The average Bonchev–Trinajstić information content (AvgIpc) is 2.98. The number of carbonyl (C=O) groups excluding carboxylic acids is 1. The van der Waals surface area contributed by atoms with Gasteiger partial charge in [-0.25, -0.2) is 0 Å². The predicted octanol–water partition coefficient (Wildman–Crippen LogP) is -0.770. The van der Waals surface area contributed by atoms with Crippen LogP contribution in [0.25, 0.3) is 16.5 Å². The molecular weight excluding hydrogens is 393 g/mol. The molecule has 3 aromatic rings. The molecule has 3 rings (SSSR count). The van der Waals surface area contributed by atoms with E-state index in [-0.39, 0.29) is 46.5 Å². The van der Waals surface area contributed by atoms with Gasteiger partial charge >= 0.3 is 21.7 Å². The first-order valence-electron chi connectivity index (χ1n) is 6.69. The Bertz CT molecular complexity index is 632. The molecule has 0 fully saturated rings. The number of benzene rings is 2. The van der Waals surface area contributed by atoms with Crippen molar-refractivity contribution in [2.45, 2.75) is 13.1 Å². The van der Waals surface area contributed by atoms with Crippen molar-refractivity contribution in [1.82, 2.24) is 0 Å². The molecule has 0 aliphatic heterocycles. The summed E-state index contributed by atoms with van der Waals surface area (Å²) in [4.78, 5) is 10.3. The van der Waals surface area contributed by atoms with Crippen molar-refractivity contribution >= 4 is 26.2 Å². The van der Waals surface area contributed by atoms with Crippen molar-refractivity contribution in [2.75, 3.05) is 0 Å². The maximum atomic E-state index is 10.3. The summed E-state index contributed by atoms with van der Waals surface area (Å²) in [5, 5.41) is 2.66. The second-order valence-electron chi connectivity index (χ2n) is 4.35. The van der Waals surface area contributed by atoms with Crippen LogP contribution in [-0.4, -0.2) is 15.4 Å². The van der Waals surface area contributed by atoms with E-state index in [1.165, 1.54) is 10.8 Å². The molecule has 2 radical (unpaired) electrons. The maximum absolute atomic E-state index is 10.3. The van der Waals surface area contributed by atoms with Crippen LogP contribution in [0.5, 0.6) is 0 Å². The van der Waals surface area contributed by atoms with Crippen LogP contribution in [-0.2, 0) is 21.7 Å². The summed E-state index contributed by atoms with van der Waals surface area (Å²) in [5.74, 6) is -0.629. The Balaban J connectivity index is -0.000000286. The molecule has 0 heterocycles. The molecule has 3 aromatic carbocycles. The normalized spacial score (nSPS) is 7.92. The molecule has 1 amide bonds. The summed E-state index contributed by atoms with van der Waals surface area (Å²) in [5.41, 5.74) is 7.12. The van der Waals surface area contributed by atoms with Gasteiger partial charge in [0, 0.05) is 9.52 Å². The fourth-order valence-electron chi connectivity index (χ4n) is 1.66. The van der Waals surface area contributed by atoms with Crippen molar-refractivity contribution < 1.29 is 51.3 Å². The number of hydrogen-bond donors (Lipinski definition) is 0. The molecule has 0 saturated carbocycles. The van der Waals surface area contributed by atoms with Gasteiger partial charge in [0.2, 0.25) is 0 Å². The summed E-state index contributed by atoms with van der Waals surface area (Å²) >= 11 is 0. The van der Waals surface area contributed by atoms with Crippen LogP contribution in [0.1, 0.15) is 10.4 Å². The minimum atomic E-state index is -0.629. The molecule has 0 atom stereocenters. The fourth-order valence-corrected chi connectivity index (χ4v) is 1.66. The van der Waals surface area contributed by atoms with E-state index in [4.69, 9.17) is 5.73 Å². The van der Waals surface area contributed by atoms with Crippen LogP contribution in [0.4, 0.5) is 0 Å².